The van der Waals surface area contributed by atoms with E-state index in [4.69, 9.17) is 5.73 Å². The summed E-state index contributed by atoms with van der Waals surface area (Å²) in [7, 11) is -3.90. The Morgan fingerprint density at radius 3 is 2.43 bits per heavy atom. The second kappa shape index (κ2) is 5.42. The summed E-state index contributed by atoms with van der Waals surface area (Å²) in [5.41, 5.74) is 6.83. The van der Waals surface area contributed by atoms with Crippen LogP contribution >= 0.6 is 0 Å². The Bertz CT molecular complexity index is 655. The third-order valence-electron chi connectivity index (χ3n) is 3.73. The molecule has 0 saturated heterocycles. The molecule has 2 rings (SSSR count). The maximum Gasteiger partial charge on any atom is 0.248 e. The van der Waals surface area contributed by atoms with Gasteiger partial charge >= 0.3 is 0 Å². The molecule has 1 aromatic rings. The average molecular weight is 312 g/mol. The summed E-state index contributed by atoms with van der Waals surface area (Å²) in [6.07, 6.45) is 2.56. The van der Waals surface area contributed by atoms with Gasteiger partial charge in [-0.25, -0.2) is 12.8 Å². The largest absolute Gasteiger partial charge is 0.398 e. The van der Waals surface area contributed by atoms with E-state index < -0.39 is 20.7 Å². The van der Waals surface area contributed by atoms with Gasteiger partial charge < -0.3 is 5.73 Å². The van der Waals surface area contributed by atoms with Crippen LogP contribution in [-0.4, -0.2) is 25.8 Å². The predicted molar refractivity (Wildman–Crippen MR) is 81.7 cm³/mol. The fourth-order valence-electron chi connectivity index (χ4n) is 2.48. The van der Waals surface area contributed by atoms with Crippen LogP contribution in [0.15, 0.2) is 34.7 Å². The van der Waals surface area contributed by atoms with E-state index in [2.05, 4.69) is 20.8 Å². The molecule has 21 heavy (non-hydrogen) atoms. The summed E-state index contributed by atoms with van der Waals surface area (Å²) in [4.78, 5) is -0.419. The van der Waals surface area contributed by atoms with E-state index in [9.17, 15) is 12.8 Å². The summed E-state index contributed by atoms with van der Waals surface area (Å²) < 4.78 is 40.3. The Morgan fingerprint density at radius 2 is 1.95 bits per heavy atom. The highest BCUT2D eigenvalue weighted by Crippen LogP contribution is 2.33. The fourth-order valence-corrected chi connectivity index (χ4v) is 4.02. The zero-order chi connectivity index (χ0) is 15.8. The van der Waals surface area contributed by atoms with Crippen LogP contribution in [0.4, 0.5) is 10.1 Å². The van der Waals surface area contributed by atoms with Gasteiger partial charge in [-0.3, -0.25) is 0 Å². The molecular formula is C15H21FN2O2S. The maximum absolute atomic E-state index is 13.9. The highest BCUT2D eigenvalue weighted by atomic mass is 32.2. The first-order valence-corrected chi connectivity index (χ1v) is 8.31. The summed E-state index contributed by atoms with van der Waals surface area (Å²) in [6, 6.07) is 3.91. The number of rotatable bonds is 2. The number of halogens is 1. The second-order valence-electron chi connectivity index (χ2n) is 6.25. The van der Waals surface area contributed by atoms with Gasteiger partial charge in [-0.05, 0) is 24.0 Å². The lowest BCUT2D eigenvalue weighted by Crippen LogP contribution is -2.37. The third-order valence-corrected chi connectivity index (χ3v) is 5.69. The highest BCUT2D eigenvalue weighted by molar-refractivity contribution is 7.89. The Morgan fingerprint density at radius 1 is 1.29 bits per heavy atom. The first-order chi connectivity index (χ1) is 9.64. The van der Waals surface area contributed by atoms with E-state index in [0.717, 1.165) is 6.07 Å². The number of hydrogen-bond acceptors (Lipinski definition) is 3. The number of hydrogen-bond donors (Lipinski definition) is 1. The summed E-state index contributed by atoms with van der Waals surface area (Å²) in [5.74, 6) is -0.805. The zero-order valence-electron chi connectivity index (χ0n) is 12.6. The molecule has 0 saturated carbocycles. The van der Waals surface area contributed by atoms with E-state index in [1.807, 2.05) is 6.08 Å². The van der Waals surface area contributed by atoms with Crippen LogP contribution in [0.25, 0.3) is 0 Å². The normalized spacial score (nSPS) is 17.6. The van der Waals surface area contributed by atoms with Crippen LogP contribution in [0.2, 0.25) is 0 Å². The minimum atomic E-state index is -3.90. The lowest BCUT2D eigenvalue weighted by atomic mass is 9.83. The topological polar surface area (TPSA) is 63.4 Å². The summed E-state index contributed by atoms with van der Waals surface area (Å²) in [5, 5.41) is 0. The van der Waals surface area contributed by atoms with Crippen LogP contribution < -0.4 is 5.73 Å². The van der Waals surface area contributed by atoms with Gasteiger partial charge in [-0.15, -0.1) is 0 Å². The van der Waals surface area contributed by atoms with Gasteiger partial charge in [0, 0.05) is 13.1 Å². The molecule has 2 N–H and O–H groups in total. The number of nitrogen functional groups attached to an aromatic ring is 1. The second-order valence-corrected chi connectivity index (χ2v) is 8.13. The molecule has 0 fully saturated rings. The van der Waals surface area contributed by atoms with Crippen molar-refractivity contribution in [1.29, 1.82) is 0 Å². The SMILES string of the molecule is CC(C)(C)C1=CCN(S(=O)(=O)c2c(N)cccc2F)CC1. The molecule has 1 aliphatic heterocycles. The minimum absolute atomic E-state index is 0.0207. The van der Waals surface area contributed by atoms with Gasteiger partial charge in [-0.2, -0.15) is 4.31 Å². The Labute approximate surface area is 125 Å². The Balaban J connectivity index is 2.34. The lowest BCUT2D eigenvalue weighted by Gasteiger charge is -2.31. The van der Waals surface area contributed by atoms with Crippen LogP contribution in [0.1, 0.15) is 27.2 Å². The van der Waals surface area contributed by atoms with E-state index in [1.54, 1.807) is 0 Å². The van der Waals surface area contributed by atoms with Crippen molar-refractivity contribution < 1.29 is 12.8 Å². The van der Waals surface area contributed by atoms with Gasteiger partial charge in [0.1, 0.15) is 10.7 Å². The zero-order valence-corrected chi connectivity index (χ0v) is 13.4. The first kappa shape index (κ1) is 16.0. The number of benzene rings is 1. The predicted octanol–water partition coefficient (Wildman–Crippen LogP) is 2.77. The molecule has 6 heteroatoms. The van der Waals surface area contributed by atoms with E-state index in [-0.39, 0.29) is 17.6 Å². The summed E-state index contributed by atoms with van der Waals surface area (Å²) in [6.45, 7) is 6.88. The number of nitrogens with two attached hydrogens (primary N) is 1. The van der Waals surface area contributed by atoms with Crippen molar-refractivity contribution in [3.63, 3.8) is 0 Å². The molecule has 0 atom stereocenters. The van der Waals surface area contributed by atoms with Gasteiger partial charge in [0.25, 0.3) is 0 Å². The molecule has 0 bridgehead atoms. The van der Waals surface area contributed by atoms with Crippen molar-refractivity contribution in [2.24, 2.45) is 5.41 Å². The Kier molecular flexibility index (Phi) is 4.13. The van der Waals surface area contributed by atoms with Crippen molar-refractivity contribution >= 4 is 15.7 Å². The van der Waals surface area contributed by atoms with Crippen LogP contribution in [-0.2, 0) is 10.0 Å². The molecule has 116 valence electrons. The van der Waals surface area contributed by atoms with Gasteiger partial charge in [0.05, 0.1) is 5.69 Å². The first-order valence-electron chi connectivity index (χ1n) is 6.87. The van der Waals surface area contributed by atoms with Gasteiger partial charge in [0.2, 0.25) is 10.0 Å². The van der Waals surface area contributed by atoms with Crippen LogP contribution in [0.3, 0.4) is 0 Å². The third kappa shape index (κ3) is 3.11. The molecule has 0 aliphatic carbocycles. The van der Waals surface area contributed by atoms with E-state index >= 15 is 0 Å². The maximum atomic E-state index is 13.9. The van der Waals surface area contributed by atoms with Crippen LogP contribution in [0, 0.1) is 11.2 Å². The van der Waals surface area contributed by atoms with Gasteiger partial charge in [0.15, 0.2) is 0 Å². The fraction of sp³-hybridized carbons (Fsp3) is 0.467. The van der Waals surface area contributed by atoms with Crippen LogP contribution in [0.5, 0.6) is 0 Å². The molecule has 0 amide bonds. The molecule has 0 radical (unpaired) electrons. The minimum Gasteiger partial charge on any atom is -0.398 e. The molecule has 0 unspecified atom stereocenters. The molecule has 1 aliphatic rings. The van der Waals surface area contributed by atoms with Crippen molar-refractivity contribution in [3.05, 3.63) is 35.7 Å². The van der Waals surface area contributed by atoms with E-state index in [0.29, 0.717) is 13.0 Å². The monoisotopic (exact) mass is 312 g/mol. The van der Waals surface area contributed by atoms with Crippen molar-refractivity contribution in [3.8, 4) is 0 Å². The van der Waals surface area contributed by atoms with Crippen molar-refractivity contribution in [2.75, 3.05) is 18.8 Å². The van der Waals surface area contributed by atoms with E-state index in [1.165, 1.54) is 22.0 Å². The molecule has 1 heterocycles. The smallest absolute Gasteiger partial charge is 0.248 e. The number of anilines is 1. The molecule has 4 nitrogen and oxygen atoms in total. The molecule has 1 aromatic carbocycles. The lowest BCUT2D eigenvalue weighted by molar-refractivity contribution is 0.388. The quantitative estimate of drug-likeness (QED) is 0.674. The van der Waals surface area contributed by atoms with Gasteiger partial charge in [-0.1, -0.05) is 38.5 Å². The summed E-state index contributed by atoms with van der Waals surface area (Å²) >= 11 is 0. The molecule has 0 spiro atoms. The average Bonchev–Trinajstić information content (AvgIpc) is 2.37. The molecular weight excluding hydrogens is 291 g/mol. The highest BCUT2D eigenvalue weighted by Gasteiger charge is 2.32. The number of nitrogens with zero attached hydrogens (tertiary/aromatic N) is 1. The van der Waals surface area contributed by atoms with Crippen molar-refractivity contribution in [1.82, 2.24) is 4.31 Å². The Hall–Kier alpha value is -1.40. The number of sulfonamides is 1. The van der Waals surface area contributed by atoms with Crippen molar-refractivity contribution in [2.45, 2.75) is 32.1 Å². The molecule has 0 aromatic heterocycles. The standard InChI is InChI=1S/C15H21FN2O2S/c1-15(2,3)11-7-9-18(10-8-11)21(19,20)14-12(16)5-4-6-13(14)17/h4-7H,8-10,17H2,1-3H3.